The summed E-state index contributed by atoms with van der Waals surface area (Å²) >= 11 is 0. The second-order valence-electron chi connectivity index (χ2n) is 18.1. The van der Waals surface area contributed by atoms with Crippen molar-refractivity contribution in [2.45, 2.75) is 239 Å². The average Bonchev–Trinajstić information content (AvgIpc) is 3.36. The molecule has 0 rings (SSSR count). The van der Waals surface area contributed by atoms with Gasteiger partial charge >= 0.3 is 17.9 Å². The van der Waals surface area contributed by atoms with Crippen LogP contribution in [0.3, 0.4) is 0 Å². The van der Waals surface area contributed by atoms with E-state index in [0.29, 0.717) is 12.8 Å². The van der Waals surface area contributed by atoms with Crippen LogP contribution in [0.2, 0.25) is 0 Å². The van der Waals surface area contributed by atoms with Gasteiger partial charge in [-0.3, -0.25) is 14.4 Å². The Morgan fingerprint density at radius 1 is 0.300 bits per heavy atom. The predicted octanol–water partition coefficient (Wildman–Crippen LogP) is 19.0. The van der Waals surface area contributed by atoms with Crippen molar-refractivity contribution in [2.75, 3.05) is 13.2 Å². The molecule has 0 aliphatic rings. The summed E-state index contributed by atoms with van der Waals surface area (Å²) in [5, 5.41) is 0. The summed E-state index contributed by atoms with van der Waals surface area (Å²) in [4.78, 5) is 38.1. The molecule has 6 nitrogen and oxygen atoms in total. The molecule has 0 aromatic heterocycles. The maximum atomic E-state index is 12.8. The number of allylic oxidation sites excluding steroid dienone is 22. The van der Waals surface area contributed by atoms with E-state index in [-0.39, 0.29) is 44.0 Å². The Balaban J connectivity index is 4.47. The topological polar surface area (TPSA) is 78.9 Å². The van der Waals surface area contributed by atoms with Crippen LogP contribution in [0.1, 0.15) is 233 Å². The van der Waals surface area contributed by atoms with Crippen molar-refractivity contribution in [3.05, 3.63) is 134 Å². The zero-order valence-corrected chi connectivity index (χ0v) is 45.0. The molecule has 0 radical (unpaired) electrons. The second kappa shape index (κ2) is 57.1. The monoisotopic (exact) mass is 967 g/mol. The molecular weight excluding hydrogens is 865 g/mol. The van der Waals surface area contributed by atoms with E-state index in [0.717, 1.165) is 128 Å². The summed E-state index contributed by atoms with van der Waals surface area (Å²) in [5.74, 6) is -1.03. The van der Waals surface area contributed by atoms with Crippen LogP contribution in [0.4, 0.5) is 0 Å². The van der Waals surface area contributed by atoms with E-state index >= 15 is 0 Å². The zero-order chi connectivity index (χ0) is 50.7. The third-order valence-electron chi connectivity index (χ3n) is 11.4. The highest BCUT2D eigenvalue weighted by Gasteiger charge is 2.19. The number of ether oxygens (including phenoxy) is 3. The third kappa shape index (κ3) is 54.5. The number of hydrogen-bond acceptors (Lipinski definition) is 6. The maximum Gasteiger partial charge on any atom is 0.306 e. The largest absolute Gasteiger partial charge is 0.462 e. The highest BCUT2D eigenvalue weighted by atomic mass is 16.6. The van der Waals surface area contributed by atoms with Crippen molar-refractivity contribution in [3.63, 3.8) is 0 Å². The fourth-order valence-electron chi connectivity index (χ4n) is 7.22. The van der Waals surface area contributed by atoms with Gasteiger partial charge in [0, 0.05) is 19.3 Å². The van der Waals surface area contributed by atoms with Crippen molar-refractivity contribution in [1.82, 2.24) is 0 Å². The SMILES string of the molecule is CC/C=C\C/C=C\C/C=C\C/C=C\C/C=C\CCCCCCCCCC(=O)OCC(COC(=O)CC/C=C\C/C=C\C/C=C\C/C=C\CC)OC(=O)CCCCCCC/C=C\C/C=C\CCCCCC. The number of rotatable bonds is 49. The molecule has 0 aromatic rings. The van der Waals surface area contributed by atoms with Gasteiger partial charge in [-0.1, -0.05) is 225 Å². The first kappa shape index (κ1) is 65.5. The van der Waals surface area contributed by atoms with E-state index in [9.17, 15) is 14.4 Å². The third-order valence-corrected chi connectivity index (χ3v) is 11.4. The van der Waals surface area contributed by atoms with Gasteiger partial charge in [0.2, 0.25) is 0 Å². The van der Waals surface area contributed by atoms with Crippen LogP contribution in [-0.4, -0.2) is 37.2 Å². The van der Waals surface area contributed by atoms with Gasteiger partial charge in [-0.05, 0) is 122 Å². The van der Waals surface area contributed by atoms with Crippen LogP contribution in [0.25, 0.3) is 0 Å². The van der Waals surface area contributed by atoms with Gasteiger partial charge in [-0.2, -0.15) is 0 Å². The molecule has 394 valence electrons. The first-order valence-electron chi connectivity index (χ1n) is 28.2. The minimum atomic E-state index is -0.824. The molecular formula is C64H102O6. The molecule has 0 saturated carbocycles. The summed E-state index contributed by atoms with van der Waals surface area (Å²) in [6, 6.07) is 0. The molecule has 0 aromatic carbocycles. The van der Waals surface area contributed by atoms with Gasteiger partial charge in [0.05, 0.1) is 0 Å². The van der Waals surface area contributed by atoms with Gasteiger partial charge in [0.15, 0.2) is 6.10 Å². The summed E-state index contributed by atoms with van der Waals surface area (Å²) in [6.45, 7) is 6.29. The summed E-state index contributed by atoms with van der Waals surface area (Å²) < 4.78 is 16.8. The molecule has 6 heteroatoms. The van der Waals surface area contributed by atoms with Crippen LogP contribution < -0.4 is 0 Å². The van der Waals surface area contributed by atoms with Gasteiger partial charge in [0.25, 0.3) is 0 Å². The van der Waals surface area contributed by atoms with Crippen molar-refractivity contribution in [1.29, 1.82) is 0 Å². The number of carbonyl (C=O) groups excluding carboxylic acids is 3. The Morgan fingerprint density at radius 3 is 0.957 bits per heavy atom. The zero-order valence-electron chi connectivity index (χ0n) is 45.0. The Kier molecular flexibility index (Phi) is 53.5. The molecule has 0 saturated heterocycles. The standard InChI is InChI=1S/C64H102O6/c1-4-7-10-13-16-19-22-25-27-29-30-31-32-33-34-35-37-39-42-45-48-51-54-57-63(66)69-60-61(59-68-62(65)56-53-50-47-44-41-38-24-21-18-15-12-9-6-3)70-64(67)58-55-52-49-46-43-40-36-28-26-23-20-17-14-11-8-5-2/h7,9-10,12,16,18-21,23,25,27-28,30-31,33-34,36,38,41,47,50,61H,4-6,8,11,13-15,17,22,24,26,29,32,35,37,39-40,42-46,48-49,51-60H2,1-3H3/b10-7-,12-9-,19-16-,21-18-,23-20-,27-25-,31-30-,34-33-,36-28-,41-38-,50-47-. The molecule has 0 aliphatic heterocycles. The first-order chi connectivity index (χ1) is 34.5. The molecule has 0 heterocycles. The van der Waals surface area contributed by atoms with E-state index in [4.69, 9.17) is 14.2 Å². The normalized spacial score (nSPS) is 13.1. The lowest BCUT2D eigenvalue weighted by Crippen LogP contribution is -2.30. The van der Waals surface area contributed by atoms with E-state index in [2.05, 4.69) is 142 Å². The molecule has 0 aliphatic carbocycles. The summed E-state index contributed by atoms with van der Waals surface area (Å²) in [7, 11) is 0. The number of esters is 3. The van der Waals surface area contributed by atoms with E-state index in [1.54, 1.807) is 0 Å². The van der Waals surface area contributed by atoms with E-state index in [1.165, 1.54) is 57.8 Å². The van der Waals surface area contributed by atoms with Crippen molar-refractivity contribution in [3.8, 4) is 0 Å². The maximum absolute atomic E-state index is 12.8. The molecule has 0 fully saturated rings. The summed E-state index contributed by atoms with van der Waals surface area (Å²) in [5.41, 5.74) is 0. The molecule has 1 atom stereocenters. The molecule has 0 bridgehead atoms. The van der Waals surface area contributed by atoms with Crippen LogP contribution in [0.15, 0.2) is 134 Å². The van der Waals surface area contributed by atoms with Gasteiger partial charge in [-0.25, -0.2) is 0 Å². The highest BCUT2D eigenvalue weighted by Crippen LogP contribution is 2.13. The van der Waals surface area contributed by atoms with Gasteiger partial charge in [0.1, 0.15) is 13.2 Å². The fourth-order valence-corrected chi connectivity index (χ4v) is 7.22. The van der Waals surface area contributed by atoms with Gasteiger partial charge in [-0.15, -0.1) is 0 Å². The minimum Gasteiger partial charge on any atom is -0.462 e. The lowest BCUT2D eigenvalue weighted by atomic mass is 10.1. The van der Waals surface area contributed by atoms with Crippen molar-refractivity contribution >= 4 is 17.9 Å². The minimum absolute atomic E-state index is 0.116. The second-order valence-corrected chi connectivity index (χ2v) is 18.1. The predicted molar refractivity (Wildman–Crippen MR) is 302 cm³/mol. The average molecular weight is 968 g/mol. The lowest BCUT2D eigenvalue weighted by molar-refractivity contribution is -0.166. The number of hydrogen-bond donors (Lipinski definition) is 0. The smallest absolute Gasteiger partial charge is 0.306 e. The Bertz CT molecular complexity index is 1530. The van der Waals surface area contributed by atoms with Crippen LogP contribution in [0.5, 0.6) is 0 Å². The Labute approximate surface area is 430 Å². The van der Waals surface area contributed by atoms with Crippen LogP contribution >= 0.6 is 0 Å². The van der Waals surface area contributed by atoms with Crippen LogP contribution in [0, 0.1) is 0 Å². The van der Waals surface area contributed by atoms with E-state index in [1.807, 2.05) is 12.2 Å². The fraction of sp³-hybridized carbons (Fsp3) is 0.609. The summed E-state index contributed by atoms with van der Waals surface area (Å²) in [6.07, 6.45) is 80.2. The Hall–Kier alpha value is -4.45. The molecule has 1 unspecified atom stereocenters. The number of unbranched alkanes of at least 4 members (excludes halogenated alkanes) is 16. The van der Waals surface area contributed by atoms with Crippen molar-refractivity contribution in [2.24, 2.45) is 0 Å². The lowest BCUT2D eigenvalue weighted by Gasteiger charge is -2.18. The number of carbonyl (C=O) groups is 3. The van der Waals surface area contributed by atoms with Crippen molar-refractivity contribution < 1.29 is 28.6 Å². The molecule has 0 N–H and O–H groups in total. The van der Waals surface area contributed by atoms with Gasteiger partial charge < -0.3 is 14.2 Å². The quantitative estimate of drug-likeness (QED) is 0.0262. The highest BCUT2D eigenvalue weighted by molar-refractivity contribution is 5.71. The van der Waals surface area contributed by atoms with Crippen LogP contribution in [-0.2, 0) is 28.6 Å². The van der Waals surface area contributed by atoms with E-state index < -0.39 is 6.10 Å². The molecule has 0 amide bonds. The first-order valence-corrected chi connectivity index (χ1v) is 28.2. The molecule has 70 heavy (non-hydrogen) atoms. The molecule has 0 spiro atoms. The Morgan fingerprint density at radius 2 is 0.586 bits per heavy atom.